The maximum Gasteiger partial charge on any atom is 0.138 e. The van der Waals surface area contributed by atoms with Crippen LogP contribution < -0.4 is 5.73 Å². The molecule has 0 aliphatic heterocycles. The summed E-state index contributed by atoms with van der Waals surface area (Å²) in [4.78, 5) is 4.78. The highest BCUT2D eigenvalue weighted by atomic mass is 15.0. The number of nitrogens with zero attached hydrogens (tertiary/aromatic N) is 2. The van der Waals surface area contributed by atoms with E-state index in [4.69, 9.17) is 10.7 Å². The molecule has 0 saturated heterocycles. The van der Waals surface area contributed by atoms with Gasteiger partial charge in [-0.05, 0) is 36.5 Å². The minimum absolute atomic E-state index is 0.165. The molecule has 0 bridgehead atoms. The Morgan fingerprint density at radius 1 is 1.05 bits per heavy atom. The first kappa shape index (κ1) is 14.6. The number of aryl methyl sites for hydroxylation is 2. The van der Waals surface area contributed by atoms with Crippen LogP contribution in [0.3, 0.4) is 0 Å². The van der Waals surface area contributed by atoms with Gasteiger partial charge in [0.25, 0.3) is 0 Å². The van der Waals surface area contributed by atoms with E-state index in [1.165, 1.54) is 5.56 Å². The Bertz CT molecular complexity index is 834. The average molecular weight is 293 g/mol. The molecule has 3 heteroatoms. The summed E-state index contributed by atoms with van der Waals surface area (Å²) < 4.78 is 2.06. The lowest BCUT2D eigenvalue weighted by Crippen LogP contribution is -2.10. The lowest BCUT2D eigenvalue weighted by atomic mass is 9.86. The van der Waals surface area contributed by atoms with E-state index in [-0.39, 0.29) is 5.41 Å². The minimum atomic E-state index is 0.165. The van der Waals surface area contributed by atoms with Crippen molar-refractivity contribution < 1.29 is 0 Å². The van der Waals surface area contributed by atoms with E-state index in [2.05, 4.69) is 56.4 Å². The fraction of sp³-hybridized carbons (Fsp3) is 0.316. The van der Waals surface area contributed by atoms with Crippen LogP contribution in [0.4, 0.5) is 5.69 Å². The van der Waals surface area contributed by atoms with Gasteiger partial charge in [-0.25, -0.2) is 4.98 Å². The number of rotatable bonds is 1. The Morgan fingerprint density at radius 3 is 2.27 bits per heavy atom. The zero-order valence-electron chi connectivity index (χ0n) is 13.9. The van der Waals surface area contributed by atoms with E-state index >= 15 is 0 Å². The summed E-state index contributed by atoms with van der Waals surface area (Å²) in [5.74, 6) is 0. The molecule has 2 heterocycles. The summed E-state index contributed by atoms with van der Waals surface area (Å²) in [5.41, 5.74) is 13.6. The van der Waals surface area contributed by atoms with Gasteiger partial charge in [0.05, 0.1) is 11.4 Å². The number of imidazole rings is 1. The summed E-state index contributed by atoms with van der Waals surface area (Å²) in [6.45, 7) is 10.8. The van der Waals surface area contributed by atoms with Gasteiger partial charge in [0, 0.05) is 17.5 Å². The quantitative estimate of drug-likeness (QED) is 0.718. The second-order valence-electron chi connectivity index (χ2n) is 7.01. The first-order chi connectivity index (χ1) is 10.3. The molecule has 0 aliphatic carbocycles. The Kier molecular flexibility index (Phi) is 3.24. The zero-order chi connectivity index (χ0) is 16.1. The molecule has 2 aromatic heterocycles. The van der Waals surface area contributed by atoms with Crippen molar-refractivity contribution >= 4 is 11.3 Å². The Labute approximate surface area is 131 Å². The molecule has 3 rings (SSSR count). The predicted octanol–water partition coefficient (Wildman–Crippen LogP) is 4.50. The zero-order valence-corrected chi connectivity index (χ0v) is 13.9. The van der Waals surface area contributed by atoms with E-state index in [0.717, 1.165) is 33.8 Å². The van der Waals surface area contributed by atoms with Crippen molar-refractivity contribution in [1.29, 1.82) is 0 Å². The Morgan fingerprint density at radius 2 is 1.68 bits per heavy atom. The summed E-state index contributed by atoms with van der Waals surface area (Å²) in [6.07, 6.45) is 1.96. The van der Waals surface area contributed by atoms with Crippen molar-refractivity contribution in [3.05, 3.63) is 53.3 Å². The van der Waals surface area contributed by atoms with Gasteiger partial charge >= 0.3 is 0 Å². The number of anilines is 1. The fourth-order valence-corrected chi connectivity index (χ4v) is 2.72. The summed E-state index contributed by atoms with van der Waals surface area (Å²) in [5, 5.41) is 0. The van der Waals surface area contributed by atoms with E-state index in [1.807, 2.05) is 19.2 Å². The van der Waals surface area contributed by atoms with E-state index < -0.39 is 0 Å². The number of nitrogens with two attached hydrogens (primary N) is 1. The maximum atomic E-state index is 6.02. The van der Waals surface area contributed by atoms with Crippen LogP contribution in [0, 0.1) is 13.8 Å². The molecule has 0 amide bonds. The molecule has 0 saturated carbocycles. The molecular formula is C19H23N3. The molecule has 3 nitrogen and oxygen atoms in total. The third-order valence-corrected chi connectivity index (χ3v) is 4.27. The van der Waals surface area contributed by atoms with E-state index in [9.17, 15) is 0 Å². The number of pyridine rings is 1. The largest absolute Gasteiger partial charge is 0.397 e. The first-order valence-corrected chi connectivity index (χ1v) is 7.63. The third kappa shape index (κ3) is 2.37. The summed E-state index contributed by atoms with van der Waals surface area (Å²) in [7, 11) is 0. The lowest BCUT2D eigenvalue weighted by molar-refractivity contribution is 0.590. The molecule has 0 fully saturated rings. The SMILES string of the molecule is Cc1cc2nc(-c3ccc(C(C)(C)C)cc3)c(C)n2cc1N. The van der Waals surface area contributed by atoms with Crippen molar-refractivity contribution in [3.8, 4) is 11.3 Å². The van der Waals surface area contributed by atoms with E-state index in [1.54, 1.807) is 0 Å². The molecule has 2 N–H and O–H groups in total. The molecule has 3 aromatic rings. The highest BCUT2D eigenvalue weighted by Crippen LogP contribution is 2.28. The number of hydrogen-bond acceptors (Lipinski definition) is 2. The molecule has 0 aliphatic rings. The second-order valence-corrected chi connectivity index (χ2v) is 7.01. The van der Waals surface area contributed by atoms with Gasteiger partial charge < -0.3 is 10.1 Å². The predicted molar refractivity (Wildman–Crippen MR) is 93.2 cm³/mol. The van der Waals surface area contributed by atoms with Crippen LogP contribution in [-0.4, -0.2) is 9.38 Å². The van der Waals surface area contributed by atoms with Crippen LogP contribution in [0.25, 0.3) is 16.9 Å². The minimum Gasteiger partial charge on any atom is -0.397 e. The summed E-state index contributed by atoms with van der Waals surface area (Å²) >= 11 is 0. The van der Waals surface area contributed by atoms with Crippen LogP contribution in [0.1, 0.15) is 37.6 Å². The van der Waals surface area contributed by atoms with Crippen LogP contribution in [0.5, 0.6) is 0 Å². The van der Waals surface area contributed by atoms with Crippen molar-refractivity contribution in [1.82, 2.24) is 9.38 Å². The van der Waals surface area contributed by atoms with Gasteiger partial charge in [-0.15, -0.1) is 0 Å². The van der Waals surface area contributed by atoms with Crippen molar-refractivity contribution in [2.45, 2.75) is 40.0 Å². The maximum absolute atomic E-state index is 6.02. The number of nitrogen functional groups attached to an aromatic ring is 1. The van der Waals surface area contributed by atoms with Crippen LogP contribution in [-0.2, 0) is 5.41 Å². The molecule has 0 radical (unpaired) electrons. The molecule has 1 aromatic carbocycles. The Hall–Kier alpha value is -2.29. The molecule has 0 spiro atoms. The van der Waals surface area contributed by atoms with Crippen molar-refractivity contribution in [3.63, 3.8) is 0 Å². The van der Waals surface area contributed by atoms with Gasteiger partial charge in [-0.1, -0.05) is 45.0 Å². The van der Waals surface area contributed by atoms with Gasteiger partial charge in [-0.3, -0.25) is 0 Å². The topological polar surface area (TPSA) is 43.3 Å². The fourth-order valence-electron chi connectivity index (χ4n) is 2.72. The van der Waals surface area contributed by atoms with Gasteiger partial charge in [-0.2, -0.15) is 0 Å². The van der Waals surface area contributed by atoms with Gasteiger partial charge in [0.2, 0.25) is 0 Å². The van der Waals surface area contributed by atoms with Crippen molar-refractivity contribution in [2.75, 3.05) is 5.73 Å². The summed E-state index contributed by atoms with van der Waals surface area (Å²) in [6, 6.07) is 10.7. The smallest absolute Gasteiger partial charge is 0.138 e. The Balaban J connectivity index is 2.12. The normalized spacial score (nSPS) is 12.0. The number of fused-ring (bicyclic) bond motifs is 1. The standard InChI is InChI=1S/C19H23N3/c1-12-10-17-21-18(13(2)22(17)11-16(12)20)14-6-8-15(9-7-14)19(3,4)5/h6-11H,20H2,1-5H3. The molecule has 22 heavy (non-hydrogen) atoms. The molecule has 0 unspecified atom stereocenters. The highest BCUT2D eigenvalue weighted by molar-refractivity contribution is 5.68. The van der Waals surface area contributed by atoms with Crippen LogP contribution in [0.2, 0.25) is 0 Å². The van der Waals surface area contributed by atoms with Crippen molar-refractivity contribution in [2.24, 2.45) is 0 Å². The number of aromatic nitrogens is 2. The van der Waals surface area contributed by atoms with Gasteiger partial charge in [0.15, 0.2) is 0 Å². The highest BCUT2D eigenvalue weighted by Gasteiger charge is 2.15. The average Bonchev–Trinajstić information content (AvgIpc) is 2.76. The molecular weight excluding hydrogens is 270 g/mol. The van der Waals surface area contributed by atoms with Crippen LogP contribution >= 0.6 is 0 Å². The molecule has 0 atom stereocenters. The van der Waals surface area contributed by atoms with Gasteiger partial charge in [0.1, 0.15) is 5.65 Å². The number of benzene rings is 1. The molecule has 114 valence electrons. The van der Waals surface area contributed by atoms with E-state index in [0.29, 0.717) is 0 Å². The lowest BCUT2D eigenvalue weighted by Gasteiger charge is -2.19. The third-order valence-electron chi connectivity index (χ3n) is 4.27. The first-order valence-electron chi connectivity index (χ1n) is 7.63. The second kappa shape index (κ2) is 4.87. The monoisotopic (exact) mass is 293 g/mol. The van der Waals surface area contributed by atoms with Crippen LogP contribution in [0.15, 0.2) is 36.5 Å². The number of hydrogen-bond donors (Lipinski definition) is 1.